The highest BCUT2D eigenvalue weighted by atomic mass is 35.5. The molecule has 2 aromatic rings. The van der Waals surface area contributed by atoms with Crippen molar-refractivity contribution in [3.8, 4) is 0 Å². The third kappa shape index (κ3) is 4.49. The number of hydrogen-bond donors (Lipinski definition) is 1. The second kappa shape index (κ2) is 7.13. The van der Waals surface area contributed by atoms with Crippen LogP contribution in [0, 0.1) is 0 Å². The van der Waals surface area contributed by atoms with Gasteiger partial charge < -0.3 is 9.31 Å². The predicted octanol–water partition coefficient (Wildman–Crippen LogP) is 3.58. The lowest BCUT2D eigenvalue weighted by molar-refractivity contribution is 0.00578. The van der Waals surface area contributed by atoms with Crippen molar-refractivity contribution in [2.45, 2.75) is 44.6 Å². The minimum atomic E-state index is -3.58. The number of sulfonamides is 1. The largest absolute Gasteiger partial charge is 0.494 e. The van der Waals surface area contributed by atoms with Gasteiger partial charge in [0.25, 0.3) is 0 Å². The zero-order chi connectivity index (χ0) is 19.9. The molecule has 0 radical (unpaired) electrons. The van der Waals surface area contributed by atoms with Gasteiger partial charge in [-0.05, 0) is 56.9 Å². The first kappa shape index (κ1) is 20.2. The molecule has 0 atom stereocenters. The molecule has 0 amide bonds. The molecule has 27 heavy (non-hydrogen) atoms. The van der Waals surface area contributed by atoms with Gasteiger partial charge in [-0.15, -0.1) is 0 Å². The fraction of sp³-hybridized carbons (Fsp3) is 0.368. The van der Waals surface area contributed by atoms with Gasteiger partial charge in [-0.25, -0.2) is 8.42 Å². The van der Waals surface area contributed by atoms with Crippen molar-refractivity contribution in [3.05, 3.63) is 59.1 Å². The van der Waals surface area contributed by atoms with Gasteiger partial charge in [0.1, 0.15) is 0 Å². The molecule has 1 saturated heterocycles. The Bertz CT molecular complexity index is 913. The van der Waals surface area contributed by atoms with Crippen molar-refractivity contribution in [1.82, 2.24) is 0 Å². The van der Waals surface area contributed by atoms with E-state index in [1.165, 1.54) is 0 Å². The molecule has 2 aromatic carbocycles. The number of halogens is 1. The second-order valence-electron chi connectivity index (χ2n) is 7.66. The molecule has 0 aromatic heterocycles. The van der Waals surface area contributed by atoms with Gasteiger partial charge in [0.05, 0.1) is 17.0 Å². The molecule has 144 valence electrons. The Morgan fingerprint density at radius 3 is 2.07 bits per heavy atom. The van der Waals surface area contributed by atoms with Crippen LogP contribution in [0.1, 0.15) is 33.3 Å². The summed E-state index contributed by atoms with van der Waals surface area (Å²) in [4.78, 5) is 0. The maximum absolute atomic E-state index is 12.4. The van der Waals surface area contributed by atoms with E-state index in [1.54, 1.807) is 48.5 Å². The minimum absolute atomic E-state index is 0.189. The lowest BCUT2D eigenvalue weighted by atomic mass is 9.79. The summed E-state index contributed by atoms with van der Waals surface area (Å²) < 4.78 is 39.4. The molecule has 5 nitrogen and oxygen atoms in total. The Morgan fingerprint density at radius 2 is 1.52 bits per heavy atom. The zero-order valence-electron chi connectivity index (χ0n) is 15.8. The van der Waals surface area contributed by atoms with E-state index in [-0.39, 0.29) is 5.75 Å². The van der Waals surface area contributed by atoms with Gasteiger partial charge in [0.15, 0.2) is 0 Å². The maximum Gasteiger partial charge on any atom is 0.494 e. The van der Waals surface area contributed by atoms with E-state index in [0.29, 0.717) is 16.3 Å². The quantitative estimate of drug-likeness (QED) is 0.769. The fourth-order valence-electron chi connectivity index (χ4n) is 2.72. The van der Waals surface area contributed by atoms with E-state index in [2.05, 4.69) is 4.72 Å². The van der Waals surface area contributed by atoms with E-state index in [1.807, 2.05) is 27.7 Å². The summed E-state index contributed by atoms with van der Waals surface area (Å²) in [5.74, 6) is -0.189. The monoisotopic (exact) mass is 407 g/mol. The van der Waals surface area contributed by atoms with E-state index in [0.717, 1.165) is 5.46 Å². The Kier molecular flexibility index (Phi) is 5.34. The first-order chi connectivity index (χ1) is 12.5. The summed E-state index contributed by atoms with van der Waals surface area (Å²) in [6.07, 6.45) is 0. The molecule has 1 aliphatic heterocycles. The van der Waals surface area contributed by atoms with Gasteiger partial charge >= 0.3 is 7.12 Å². The smallest absolute Gasteiger partial charge is 0.399 e. The highest BCUT2D eigenvalue weighted by Crippen LogP contribution is 2.36. The summed E-state index contributed by atoms with van der Waals surface area (Å²) in [7, 11) is -4.06. The fourth-order valence-corrected chi connectivity index (χ4v) is 4.23. The molecule has 0 bridgehead atoms. The number of nitrogens with one attached hydrogen (secondary N) is 1. The Balaban J connectivity index is 1.70. The Labute approximate surface area is 166 Å². The SMILES string of the molecule is CC1(C)OB(c2ccc(NS(=O)(=O)Cc3ccccc3Cl)cc2)OC1(C)C. The van der Waals surface area contributed by atoms with Crippen molar-refractivity contribution in [2.24, 2.45) is 0 Å². The standard InChI is InChI=1S/C19H23BClNO4S/c1-18(2)19(3,4)26-20(25-18)15-9-11-16(12-10-15)22-27(23,24)13-14-7-5-6-8-17(14)21/h5-12,22H,13H2,1-4H3. The van der Waals surface area contributed by atoms with Crippen LogP contribution in [0.5, 0.6) is 0 Å². The van der Waals surface area contributed by atoms with Crippen LogP contribution in [-0.2, 0) is 25.1 Å². The van der Waals surface area contributed by atoms with Gasteiger partial charge in [0, 0.05) is 10.7 Å². The van der Waals surface area contributed by atoms with E-state index in [9.17, 15) is 8.42 Å². The van der Waals surface area contributed by atoms with Gasteiger partial charge in [0.2, 0.25) is 10.0 Å². The number of benzene rings is 2. The number of rotatable bonds is 5. The molecule has 0 aliphatic carbocycles. The summed E-state index contributed by atoms with van der Waals surface area (Å²) in [5, 5.41) is 0.430. The van der Waals surface area contributed by atoms with Crippen LogP contribution in [0.15, 0.2) is 48.5 Å². The lowest BCUT2D eigenvalue weighted by Gasteiger charge is -2.32. The lowest BCUT2D eigenvalue weighted by Crippen LogP contribution is -2.41. The summed E-state index contributed by atoms with van der Waals surface area (Å²) in [5.41, 5.74) is 1.02. The van der Waals surface area contributed by atoms with E-state index >= 15 is 0 Å². The van der Waals surface area contributed by atoms with Crippen LogP contribution < -0.4 is 10.2 Å². The molecular formula is C19H23BClNO4S. The zero-order valence-corrected chi connectivity index (χ0v) is 17.4. The van der Waals surface area contributed by atoms with Crippen LogP contribution >= 0.6 is 11.6 Å². The van der Waals surface area contributed by atoms with Crippen LogP contribution in [0.25, 0.3) is 0 Å². The van der Waals surface area contributed by atoms with Crippen molar-refractivity contribution in [2.75, 3.05) is 4.72 Å². The van der Waals surface area contributed by atoms with E-state index in [4.69, 9.17) is 20.9 Å². The normalized spacial score (nSPS) is 18.5. The molecule has 1 N–H and O–H groups in total. The van der Waals surface area contributed by atoms with Crippen LogP contribution in [-0.4, -0.2) is 26.7 Å². The maximum atomic E-state index is 12.4. The molecular weight excluding hydrogens is 385 g/mol. The van der Waals surface area contributed by atoms with Crippen LogP contribution in [0.4, 0.5) is 5.69 Å². The van der Waals surface area contributed by atoms with Crippen molar-refractivity contribution < 1.29 is 17.7 Å². The molecule has 0 spiro atoms. The van der Waals surface area contributed by atoms with Gasteiger partial charge in [-0.1, -0.05) is 41.9 Å². The molecule has 3 rings (SSSR count). The van der Waals surface area contributed by atoms with Crippen LogP contribution in [0.3, 0.4) is 0 Å². The highest BCUT2D eigenvalue weighted by Gasteiger charge is 2.51. The summed E-state index contributed by atoms with van der Waals surface area (Å²) in [6.45, 7) is 7.96. The van der Waals surface area contributed by atoms with Crippen LogP contribution in [0.2, 0.25) is 5.02 Å². The topological polar surface area (TPSA) is 64.6 Å². The first-order valence-corrected chi connectivity index (χ1v) is 10.7. The molecule has 0 unspecified atom stereocenters. The third-order valence-electron chi connectivity index (χ3n) is 5.01. The Morgan fingerprint density at radius 1 is 0.963 bits per heavy atom. The molecule has 1 aliphatic rings. The predicted molar refractivity (Wildman–Crippen MR) is 110 cm³/mol. The highest BCUT2D eigenvalue weighted by molar-refractivity contribution is 7.91. The van der Waals surface area contributed by atoms with Crippen molar-refractivity contribution in [3.63, 3.8) is 0 Å². The second-order valence-corrected chi connectivity index (χ2v) is 9.79. The van der Waals surface area contributed by atoms with E-state index < -0.39 is 28.3 Å². The molecule has 1 heterocycles. The molecule has 8 heteroatoms. The third-order valence-corrected chi connectivity index (χ3v) is 6.62. The van der Waals surface area contributed by atoms with Gasteiger partial charge in [-0.2, -0.15) is 0 Å². The van der Waals surface area contributed by atoms with Crippen molar-refractivity contribution in [1.29, 1.82) is 0 Å². The summed E-state index contributed by atoms with van der Waals surface area (Å²) >= 11 is 6.05. The van der Waals surface area contributed by atoms with Crippen molar-refractivity contribution >= 4 is 39.9 Å². The molecule has 1 fully saturated rings. The molecule has 0 saturated carbocycles. The number of hydrogen-bond acceptors (Lipinski definition) is 4. The minimum Gasteiger partial charge on any atom is -0.399 e. The Hall–Kier alpha value is -1.54. The average Bonchev–Trinajstić information content (AvgIpc) is 2.78. The summed E-state index contributed by atoms with van der Waals surface area (Å²) in [6, 6.07) is 13.9. The number of anilines is 1. The first-order valence-electron chi connectivity index (χ1n) is 8.69. The average molecular weight is 408 g/mol. The van der Waals surface area contributed by atoms with Gasteiger partial charge in [-0.3, -0.25) is 4.72 Å².